The van der Waals surface area contributed by atoms with Gasteiger partial charge in [0.05, 0.1) is 13.2 Å². The summed E-state index contributed by atoms with van der Waals surface area (Å²) in [5.74, 6) is 2.20. The molecular weight excluding hydrogens is 334 g/mol. The third-order valence-corrected chi connectivity index (χ3v) is 6.57. The van der Waals surface area contributed by atoms with Crippen LogP contribution in [0.25, 0.3) is 0 Å². The van der Waals surface area contributed by atoms with Crippen molar-refractivity contribution in [2.45, 2.75) is 23.5 Å². The molecule has 0 radical (unpaired) electrons. The van der Waals surface area contributed by atoms with E-state index in [1.54, 1.807) is 7.11 Å². The van der Waals surface area contributed by atoms with Crippen molar-refractivity contribution in [2.75, 3.05) is 53.9 Å². The van der Waals surface area contributed by atoms with Gasteiger partial charge in [-0.3, -0.25) is 9.69 Å². The minimum absolute atomic E-state index is 0.0526. The number of carbonyl (C=O) groups is 1. The Morgan fingerprint density at radius 2 is 1.84 bits per heavy atom. The van der Waals surface area contributed by atoms with Gasteiger partial charge in [0.2, 0.25) is 5.91 Å². The SMILES string of the molecule is COc1ccc(CS[C@H]2C[C@@H](C(=O)N3CCN(C)CC3)N(C)C2)cc1. The van der Waals surface area contributed by atoms with E-state index in [9.17, 15) is 4.79 Å². The zero-order valence-electron chi connectivity index (χ0n) is 15.5. The van der Waals surface area contributed by atoms with Crippen LogP contribution < -0.4 is 4.74 Å². The van der Waals surface area contributed by atoms with Crippen LogP contribution in [0.5, 0.6) is 5.75 Å². The Bertz CT molecular complexity index is 573. The number of carbonyl (C=O) groups excluding carboxylic acids is 1. The lowest BCUT2D eigenvalue weighted by Gasteiger charge is -2.35. The van der Waals surface area contributed by atoms with Crippen LogP contribution in [-0.2, 0) is 10.5 Å². The molecule has 0 spiro atoms. The van der Waals surface area contributed by atoms with E-state index in [0.717, 1.165) is 50.6 Å². The minimum atomic E-state index is 0.0526. The molecule has 6 heteroatoms. The highest BCUT2D eigenvalue weighted by Gasteiger charge is 2.37. The number of hydrogen-bond donors (Lipinski definition) is 0. The molecule has 2 fully saturated rings. The summed E-state index contributed by atoms with van der Waals surface area (Å²) in [6, 6.07) is 8.32. The molecule has 2 heterocycles. The molecule has 0 aliphatic carbocycles. The van der Waals surface area contributed by atoms with Crippen molar-refractivity contribution in [1.82, 2.24) is 14.7 Å². The molecule has 2 aliphatic rings. The van der Waals surface area contributed by atoms with Gasteiger partial charge in [-0.15, -0.1) is 0 Å². The number of hydrogen-bond acceptors (Lipinski definition) is 5. The van der Waals surface area contributed by atoms with Gasteiger partial charge in [0, 0.05) is 43.7 Å². The summed E-state index contributed by atoms with van der Waals surface area (Å²) < 4.78 is 5.21. The van der Waals surface area contributed by atoms with Gasteiger partial charge in [0.1, 0.15) is 5.75 Å². The molecule has 0 unspecified atom stereocenters. The predicted molar refractivity (Wildman–Crippen MR) is 103 cm³/mol. The first kappa shape index (κ1) is 18.5. The van der Waals surface area contributed by atoms with Gasteiger partial charge in [-0.1, -0.05) is 12.1 Å². The van der Waals surface area contributed by atoms with Gasteiger partial charge in [0.15, 0.2) is 0 Å². The lowest BCUT2D eigenvalue weighted by atomic mass is 10.1. The summed E-state index contributed by atoms with van der Waals surface area (Å²) >= 11 is 1.96. The minimum Gasteiger partial charge on any atom is -0.497 e. The first-order valence-electron chi connectivity index (χ1n) is 8.99. The van der Waals surface area contributed by atoms with Gasteiger partial charge < -0.3 is 14.5 Å². The number of methoxy groups -OCH3 is 1. The number of piperazine rings is 1. The van der Waals surface area contributed by atoms with Crippen molar-refractivity contribution >= 4 is 17.7 Å². The van der Waals surface area contributed by atoms with Gasteiger partial charge >= 0.3 is 0 Å². The number of rotatable bonds is 5. The van der Waals surface area contributed by atoms with Crippen LogP contribution in [0.1, 0.15) is 12.0 Å². The lowest BCUT2D eigenvalue weighted by Crippen LogP contribution is -2.52. The summed E-state index contributed by atoms with van der Waals surface area (Å²) in [5, 5.41) is 0.522. The Hall–Kier alpha value is -1.24. The van der Waals surface area contributed by atoms with E-state index < -0.39 is 0 Å². The second-order valence-corrected chi connectivity index (χ2v) is 8.39. The standard InChI is InChI=1S/C19H29N3O2S/c1-20-8-10-22(11-9-20)19(23)18-12-17(13-21(18)2)25-14-15-4-6-16(24-3)7-5-15/h4-7,17-18H,8-14H2,1-3H3/t17-,18-/m0/s1. The molecule has 0 N–H and O–H groups in total. The molecule has 0 aromatic heterocycles. The van der Waals surface area contributed by atoms with Crippen molar-refractivity contribution in [3.8, 4) is 5.75 Å². The summed E-state index contributed by atoms with van der Waals surface area (Å²) in [4.78, 5) is 19.4. The second-order valence-electron chi connectivity index (χ2n) is 7.10. The molecule has 2 atom stereocenters. The number of amides is 1. The second kappa shape index (κ2) is 8.43. The van der Waals surface area contributed by atoms with Crippen LogP contribution in [0.3, 0.4) is 0 Å². The summed E-state index contributed by atoms with van der Waals surface area (Å²) in [7, 11) is 5.90. The summed E-state index contributed by atoms with van der Waals surface area (Å²) in [6.45, 7) is 4.69. The van der Waals surface area contributed by atoms with Crippen molar-refractivity contribution in [1.29, 1.82) is 0 Å². The van der Waals surface area contributed by atoms with Gasteiger partial charge in [-0.2, -0.15) is 11.8 Å². The molecule has 2 saturated heterocycles. The zero-order valence-corrected chi connectivity index (χ0v) is 16.3. The maximum atomic E-state index is 12.9. The third kappa shape index (κ3) is 4.68. The van der Waals surface area contributed by atoms with E-state index >= 15 is 0 Å². The van der Waals surface area contributed by atoms with E-state index in [0.29, 0.717) is 11.2 Å². The molecule has 1 aromatic rings. The molecule has 138 valence electrons. The van der Waals surface area contributed by atoms with Crippen LogP contribution in [0.4, 0.5) is 0 Å². The zero-order chi connectivity index (χ0) is 17.8. The van der Waals surface area contributed by atoms with E-state index in [1.165, 1.54) is 5.56 Å². The van der Waals surface area contributed by atoms with E-state index in [4.69, 9.17) is 4.74 Å². The number of likely N-dealkylation sites (tertiary alicyclic amines) is 1. The molecule has 3 rings (SSSR count). The van der Waals surface area contributed by atoms with Gasteiger partial charge in [-0.25, -0.2) is 0 Å². The monoisotopic (exact) mass is 363 g/mol. The molecule has 0 bridgehead atoms. The van der Waals surface area contributed by atoms with Crippen molar-refractivity contribution < 1.29 is 9.53 Å². The Morgan fingerprint density at radius 1 is 1.16 bits per heavy atom. The fourth-order valence-electron chi connectivity index (χ4n) is 3.54. The quantitative estimate of drug-likeness (QED) is 0.797. The van der Waals surface area contributed by atoms with E-state index in [-0.39, 0.29) is 6.04 Å². The average molecular weight is 364 g/mol. The molecule has 25 heavy (non-hydrogen) atoms. The van der Waals surface area contributed by atoms with Gasteiger partial charge in [-0.05, 0) is 38.2 Å². The highest BCUT2D eigenvalue weighted by Crippen LogP contribution is 2.30. The topological polar surface area (TPSA) is 36.0 Å². The smallest absolute Gasteiger partial charge is 0.240 e. The number of benzene rings is 1. The molecule has 2 aliphatic heterocycles. The van der Waals surface area contributed by atoms with Crippen LogP contribution in [-0.4, -0.2) is 85.8 Å². The first-order chi connectivity index (χ1) is 12.1. The van der Waals surface area contributed by atoms with Crippen molar-refractivity contribution in [3.05, 3.63) is 29.8 Å². The van der Waals surface area contributed by atoms with E-state index in [1.807, 2.05) is 23.9 Å². The molecule has 1 amide bonds. The number of ether oxygens (including phenoxy) is 1. The summed E-state index contributed by atoms with van der Waals surface area (Å²) in [6.07, 6.45) is 0.961. The largest absolute Gasteiger partial charge is 0.497 e. The molecule has 5 nitrogen and oxygen atoms in total. The Morgan fingerprint density at radius 3 is 2.48 bits per heavy atom. The Kier molecular flexibility index (Phi) is 6.25. The molecule has 0 saturated carbocycles. The van der Waals surface area contributed by atoms with Crippen LogP contribution in [0, 0.1) is 0 Å². The van der Waals surface area contributed by atoms with Crippen LogP contribution >= 0.6 is 11.8 Å². The maximum absolute atomic E-state index is 12.9. The average Bonchev–Trinajstić information content (AvgIpc) is 3.01. The number of likely N-dealkylation sites (N-methyl/N-ethyl adjacent to an activating group) is 2. The first-order valence-corrected chi connectivity index (χ1v) is 10.0. The van der Waals surface area contributed by atoms with Crippen LogP contribution in [0.15, 0.2) is 24.3 Å². The van der Waals surface area contributed by atoms with Crippen molar-refractivity contribution in [2.24, 2.45) is 0 Å². The summed E-state index contributed by atoms with van der Waals surface area (Å²) in [5.41, 5.74) is 1.31. The van der Waals surface area contributed by atoms with E-state index in [2.05, 4.69) is 40.9 Å². The van der Waals surface area contributed by atoms with Crippen LogP contribution in [0.2, 0.25) is 0 Å². The normalized spacial score (nSPS) is 25.3. The fourth-order valence-corrected chi connectivity index (χ4v) is 4.81. The Balaban J connectivity index is 1.49. The number of thioether (sulfide) groups is 1. The number of nitrogens with zero attached hydrogens (tertiary/aromatic N) is 3. The molecular formula is C19H29N3O2S. The lowest BCUT2D eigenvalue weighted by molar-refractivity contribution is -0.137. The highest BCUT2D eigenvalue weighted by atomic mass is 32.2. The van der Waals surface area contributed by atoms with Crippen molar-refractivity contribution in [3.63, 3.8) is 0 Å². The third-order valence-electron chi connectivity index (χ3n) is 5.25. The van der Waals surface area contributed by atoms with Gasteiger partial charge in [0.25, 0.3) is 0 Å². The Labute approximate surface area is 155 Å². The molecule has 1 aromatic carbocycles. The maximum Gasteiger partial charge on any atom is 0.240 e. The highest BCUT2D eigenvalue weighted by molar-refractivity contribution is 7.99. The predicted octanol–water partition coefficient (Wildman–Crippen LogP) is 1.78. The fraction of sp³-hybridized carbons (Fsp3) is 0.632.